The number of carbonyl (C=O) groups excluding carboxylic acids is 1. The summed E-state index contributed by atoms with van der Waals surface area (Å²) in [6.07, 6.45) is 0. The molecule has 4 N–H and O–H groups in total. The molecule has 4 heteroatoms. The van der Waals surface area contributed by atoms with Crippen molar-refractivity contribution in [3.63, 3.8) is 0 Å². The summed E-state index contributed by atoms with van der Waals surface area (Å²) >= 11 is 0. The van der Waals surface area contributed by atoms with E-state index in [0.29, 0.717) is 13.1 Å². The van der Waals surface area contributed by atoms with Crippen molar-refractivity contribution in [1.82, 2.24) is 5.32 Å². The van der Waals surface area contributed by atoms with Crippen LogP contribution >= 0.6 is 0 Å². The molecule has 0 saturated carbocycles. The lowest BCUT2D eigenvalue weighted by Gasteiger charge is -2.15. The Morgan fingerprint density at radius 1 is 1.70 bits per heavy atom. The molecular weight excluding hydrogens is 132 g/mol. The summed E-state index contributed by atoms with van der Waals surface area (Å²) in [4.78, 5) is 10.8. The first-order valence-electron chi connectivity index (χ1n) is 3.19. The molecule has 0 unspecified atom stereocenters. The zero-order chi connectivity index (χ0) is 8.20. The predicted octanol–water partition coefficient (Wildman–Crippen LogP) is -1.17. The molecule has 0 aromatic heterocycles. The van der Waals surface area contributed by atoms with Crippen molar-refractivity contribution in [3.8, 4) is 0 Å². The molecule has 0 aromatic rings. The van der Waals surface area contributed by atoms with Crippen LogP contribution in [0.1, 0.15) is 13.8 Å². The van der Waals surface area contributed by atoms with Gasteiger partial charge < -0.3 is 16.2 Å². The third-order valence-electron chi connectivity index (χ3n) is 0.986. The topological polar surface area (TPSA) is 75.3 Å². The van der Waals surface area contributed by atoms with E-state index in [1.54, 1.807) is 0 Å². The zero-order valence-electron chi connectivity index (χ0n) is 6.35. The van der Waals surface area contributed by atoms with E-state index in [1.165, 1.54) is 13.8 Å². The minimum atomic E-state index is -1.30. The molecule has 60 valence electrons. The summed E-state index contributed by atoms with van der Waals surface area (Å²) in [5.41, 5.74) is 3.83. The molecule has 0 saturated heterocycles. The highest BCUT2D eigenvalue weighted by Gasteiger charge is 2.22. The Balaban J connectivity index is 3.64. The molecule has 0 radical (unpaired) electrons. The van der Waals surface area contributed by atoms with E-state index in [0.717, 1.165) is 0 Å². The average Bonchev–Trinajstić information content (AvgIpc) is 1.80. The molecule has 0 bridgehead atoms. The maximum atomic E-state index is 10.8. The molecule has 0 atom stereocenters. The first-order valence-corrected chi connectivity index (χ1v) is 3.19. The van der Waals surface area contributed by atoms with Crippen LogP contribution in [0.25, 0.3) is 0 Å². The van der Waals surface area contributed by atoms with Crippen LogP contribution in [0.15, 0.2) is 0 Å². The van der Waals surface area contributed by atoms with Crippen molar-refractivity contribution in [2.45, 2.75) is 19.4 Å². The minimum Gasteiger partial charge on any atom is -0.381 e. The molecule has 0 heterocycles. The van der Waals surface area contributed by atoms with Crippen LogP contribution < -0.4 is 11.1 Å². The summed E-state index contributed by atoms with van der Waals surface area (Å²) in [5, 5.41) is 11.5. The normalized spacial score (nSPS) is 11.2. The Morgan fingerprint density at radius 2 is 2.20 bits per heavy atom. The number of carbonyl (C=O) groups is 1. The smallest absolute Gasteiger partial charge is 0.251 e. The highest BCUT2D eigenvalue weighted by atomic mass is 16.3. The van der Waals surface area contributed by atoms with Crippen molar-refractivity contribution in [2.75, 3.05) is 13.1 Å². The molecule has 10 heavy (non-hydrogen) atoms. The Morgan fingerprint density at radius 3 is 2.50 bits per heavy atom. The van der Waals surface area contributed by atoms with Crippen LogP contribution in [-0.2, 0) is 4.79 Å². The second kappa shape index (κ2) is 3.53. The van der Waals surface area contributed by atoms with Crippen LogP contribution in [-0.4, -0.2) is 29.7 Å². The maximum absolute atomic E-state index is 10.8. The molecule has 0 spiro atoms. The lowest BCUT2D eigenvalue weighted by atomic mass is 10.1. The quantitative estimate of drug-likeness (QED) is 0.469. The van der Waals surface area contributed by atoms with Gasteiger partial charge in [-0.15, -0.1) is 0 Å². The molecule has 0 rings (SSSR count). The van der Waals surface area contributed by atoms with E-state index in [2.05, 4.69) is 5.32 Å². The summed E-state index contributed by atoms with van der Waals surface area (Å²) in [6, 6.07) is 0. The van der Waals surface area contributed by atoms with Gasteiger partial charge in [0.1, 0.15) is 5.60 Å². The van der Waals surface area contributed by atoms with Crippen LogP contribution in [0, 0.1) is 0 Å². The lowest BCUT2D eigenvalue weighted by molar-refractivity contribution is -0.136. The van der Waals surface area contributed by atoms with Crippen molar-refractivity contribution >= 4 is 5.91 Å². The molecule has 0 aliphatic rings. The van der Waals surface area contributed by atoms with Gasteiger partial charge in [-0.3, -0.25) is 4.79 Å². The van der Waals surface area contributed by atoms with E-state index < -0.39 is 11.5 Å². The predicted molar refractivity (Wildman–Crippen MR) is 38.4 cm³/mol. The minimum absolute atomic E-state index is 0.391. The number of aliphatic hydroxyl groups is 1. The van der Waals surface area contributed by atoms with Gasteiger partial charge in [0.25, 0.3) is 5.91 Å². The summed E-state index contributed by atoms with van der Waals surface area (Å²) in [7, 11) is 0. The van der Waals surface area contributed by atoms with E-state index in [9.17, 15) is 4.79 Å². The van der Waals surface area contributed by atoms with E-state index in [4.69, 9.17) is 10.8 Å². The highest BCUT2D eigenvalue weighted by molar-refractivity contribution is 5.83. The fraction of sp³-hybridized carbons (Fsp3) is 0.833. The number of hydrogen-bond donors (Lipinski definition) is 3. The van der Waals surface area contributed by atoms with E-state index in [1.807, 2.05) is 0 Å². The standard InChI is InChI=1S/C6H14N2O2/c1-6(2,10)5(9)8-4-3-7/h10H,3-4,7H2,1-2H3,(H,8,9). The SMILES string of the molecule is CC(C)(O)C(=O)NCCN. The van der Waals surface area contributed by atoms with Gasteiger partial charge in [-0.2, -0.15) is 0 Å². The van der Waals surface area contributed by atoms with Gasteiger partial charge in [0.05, 0.1) is 0 Å². The van der Waals surface area contributed by atoms with Gasteiger partial charge in [0, 0.05) is 13.1 Å². The Hall–Kier alpha value is -0.610. The third-order valence-corrected chi connectivity index (χ3v) is 0.986. The van der Waals surface area contributed by atoms with Crippen LogP contribution in [0.4, 0.5) is 0 Å². The number of rotatable bonds is 3. The molecule has 4 nitrogen and oxygen atoms in total. The number of nitrogens with one attached hydrogen (secondary N) is 1. The third kappa shape index (κ3) is 3.42. The second-order valence-corrected chi connectivity index (χ2v) is 2.60. The molecule has 0 aromatic carbocycles. The van der Waals surface area contributed by atoms with Crippen molar-refractivity contribution in [2.24, 2.45) is 5.73 Å². The van der Waals surface area contributed by atoms with Gasteiger partial charge in [-0.25, -0.2) is 0 Å². The van der Waals surface area contributed by atoms with Gasteiger partial charge in [-0.1, -0.05) is 0 Å². The van der Waals surface area contributed by atoms with Gasteiger partial charge in [0.15, 0.2) is 0 Å². The molecule has 1 amide bonds. The van der Waals surface area contributed by atoms with Gasteiger partial charge in [0.2, 0.25) is 0 Å². The summed E-state index contributed by atoms with van der Waals surface area (Å²) < 4.78 is 0. The van der Waals surface area contributed by atoms with E-state index in [-0.39, 0.29) is 0 Å². The maximum Gasteiger partial charge on any atom is 0.251 e. The van der Waals surface area contributed by atoms with Crippen molar-refractivity contribution in [1.29, 1.82) is 0 Å². The highest BCUT2D eigenvalue weighted by Crippen LogP contribution is 1.98. The first kappa shape index (κ1) is 9.39. The molecule has 0 fully saturated rings. The second-order valence-electron chi connectivity index (χ2n) is 2.60. The number of nitrogens with two attached hydrogens (primary N) is 1. The molecule has 0 aliphatic carbocycles. The first-order chi connectivity index (χ1) is 4.48. The molecular formula is C6H14N2O2. The van der Waals surface area contributed by atoms with Crippen LogP contribution in [0.5, 0.6) is 0 Å². The fourth-order valence-electron chi connectivity index (χ4n) is 0.402. The monoisotopic (exact) mass is 146 g/mol. The fourth-order valence-corrected chi connectivity index (χ4v) is 0.402. The number of hydrogen-bond acceptors (Lipinski definition) is 3. The Labute approximate surface area is 60.4 Å². The summed E-state index contributed by atoms with van der Waals surface area (Å²) in [5.74, 6) is -0.391. The van der Waals surface area contributed by atoms with E-state index >= 15 is 0 Å². The van der Waals surface area contributed by atoms with Crippen LogP contribution in [0.3, 0.4) is 0 Å². The average molecular weight is 146 g/mol. The zero-order valence-corrected chi connectivity index (χ0v) is 6.35. The molecule has 0 aliphatic heterocycles. The van der Waals surface area contributed by atoms with Crippen LogP contribution in [0.2, 0.25) is 0 Å². The van der Waals surface area contributed by atoms with Crippen molar-refractivity contribution < 1.29 is 9.90 Å². The Bertz CT molecular complexity index is 117. The largest absolute Gasteiger partial charge is 0.381 e. The Kier molecular flexibility index (Phi) is 3.32. The van der Waals surface area contributed by atoms with Gasteiger partial charge >= 0.3 is 0 Å². The van der Waals surface area contributed by atoms with Gasteiger partial charge in [-0.05, 0) is 13.8 Å². The number of amides is 1. The van der Waals surface area contributed by atoms with Crippen molar-refractivity contribution in [3.05, 3.63) is 0 Å². The lowest BCUT2D eigenvalue weighted by Crippen LogP contribution is -2.43. The summed E-state index contributed by atoms with van der Waals surface area (Å²) in [6.45, 7) is 3.66.